The van der Waals surface area contributed by atoms with Gasteiger partial charge in [0.2, 0.25) is 5.91 Å². The Bertz CT molecular complexity index is 672. The molecule has 0 fully saturated rings. The molecule has 132 valence electrons. The molecule has 6 nitrogen and oxygen atoms in total. The van der Waals surface area contributed by atoms with Crippen LogP contribution in [-0.2, 0) is 16.0 Å². The van der Waals surface area contributed by atoms with Crippen molar-refractivity contribution in [2.75, 3.05) is 26.8 Å². The maximum atomic E-state index is 11.7. The van der Waals surface area contributed by atoms with Gasteiger partial charge in [0.15, 0.2) is 6.61 Å². The van der Waals surface area contributed by atoms with Gasteiger partial charge in [-0.15, -0.1) is 0 Å². The molecule has 0 radical (unpaired) electrons. The second kappa shape index (κ2) is 9.97. The number of hydrogen-bond donors (Lipinski definition) is 2. The van der Waals surface area contributed by atoms with E-state index in [9.17, 15) is 9.59 Å². The lowest BCUT2D eigenvalue weighted by molar-refractivity contribution is -0.127. The van der Waals surface area contributed by atoms with Crippen LogP contribution in [0, 0.1) is 0 Å². The van der Waals surface area contributed by atoms with Gasteiger partial charge in [-0.1, -0.05) is 30.3 Å². The summed E-state index contributed by atoms with van der Waals surface area (Å²) >= 11 is 0. The Morgan fingerprint density at radius 1 is 0.880 bits per heavy atom. The third kappa shape index (κ3) is 6.95. The summed E-state index contributed by atoms with van der Waals surface area (Å²) in [5, 5.41) is 5.29. The molecule has 2 rings (SSSR count). The number of nitrogens with one attached hydrogen (secondary N) is 2. The van der Waals surface area contributed by atoms with Crippen LogP contribution in [0.1, 0.15) is 5.56 Å². The number of amides is 2. The summed E-state index contributed by atoms with van der Waals surface area (Å²) in [5.74, 6) is 0.690. The maximum absolute atomic E-state index is 11.7. The SMILES string of the molecule is COc1ccc(OCC(=O)NCC(=O)NCCc2ccccc2)cc1. The van der Waals surface area contributed by atoms with Gasteiger partial charge in [-0.3, -0.25) is 9.59 Å². The van der Waals surface area contributed by atoms with Crippen molar-refractivity contribution in [2.45, 2.75) is 6.42 Å². The molecule has 2 N–H and O–H groups in total. The first-order valence-corrected chi connectivity index (χ1v) is 8.01. The predicted molar refractivity (Wildman–Crippen MR) is 94.7 cm³/mol. The first-order valence-electron chi connectivity index (χ1n) is 8.01. The Kier molecular flexibility index (Phi) is 7.31. The highest BCUT2D eigenvalue weighted by molar-refractivity contribution is 5.85. The molecule has 0 aliphatic heterocycles. The monoisotopic (exact) mass is 342 g/mol. The van der Waals surface area contributed by atoms with Gasteiger partial charge in [-0.05, 0) is 36.2 Å². The van der Waals surface area contributed by atoms with Crippen molar-refractivity contribution in [3.05, 3.63) is 60.2 Å². The van der Waals surface area contributed by atoms with Crippen molar-refractivity contribution in [1.29, 1.82) is 0 Å². The highest BCUT2D eigenvalue weighted by Gasteiger charge is 2.06. The van der Waals surface area contributed by atoms with Crippen LogP contribution in [-0.4, -0.2) is 38.6 Å². The summed E-state index contributed by atoms with van der Waals surface area (Å²) in [5.41, 5.74) is 1.15. The van der Waals surface area contributed by atoms with Gasteiger partial charge in [0.05, 0.1) is 13.7 Å². The fraction of sp³-hybridized carbons (Fsp3) is 0.263. The molecule has 0 bridgehead atoms. The zero-order chi connectivity index (χ0) is 17.9. The van der Waals surface area contributed by atoms with E-state index in [4.69, 9.17) is 9.47 Å². The zero-order valence-corrected chi connectivity index (χ0v) is 14.2. The zero-order valence-electron chi connectivity index (χ0n) is 14.2. The molecule has 0 aliphatic rings. The minimum absolute atomic E-state index is 0.0698. The van der Waals surface area contributed by atoms with Gasteiger partial charge in [0.25, 0.3) is 5.91 Å². The van der Waals surface area contributed by atoms with E-state index in [1.165, 1.54) is 0 Å². The van der Waals surface area contributed by atoms with E-state index in [-0.39, 0.29) is 25.0 Å². The average molecular weight is 342 g/mol. The number of carbonyl (C=O) groups excluding carboxylic acids is 2. The third-order valence-electron chi connectivity index (χ3n) is 3.45. The quantitative estimate of drug-likeness (QED) is 0.725. The fourth-order valence-corrected chi connectivity index (χ4v) is 2.10. The molecule has 0 spiro atoms. The predicted octanol–water partition coefficient (Wildman–Crippen LogP) is 1.55. The third-order valence-corrected chi connectivity index (χ3v) is 3.45. The van der Waals surface area contributed by atoms with E-state index in [0.29, 0.717) is 18.0 Å². The highest BCUT2D eigenvalue weighted by atomic mass is 16.5. The summed E-state index contributed by atoms with van der Waals surface area (Å²) in [4.78, 5) is 23.4. The normalized spacial score (nSPS) is 9.96. The Balaban J connectivity index is 1.59. The van der Waals surface area contributed by atoms with Crippen molar-refractivity contribution in [3.63, 3.8) is 0 Å². The lowest BCUT2D eigenvalue weighted by atomic mass is 10.1. The van der Waals surface area contributed by atoms with E-state index in [1.807, 2.05) is 30.3 Å². The maximum Gasteiger partial charge on any atom is 0.258 e. The highest BCUT2D eigenvalue weighted by Crippen LogP contribution is 2.16. The average Bonchev–Trinajstić information content (AvgIpc) is 2.66. The van der Waals surface area contributed by atoms with Crippen molar-refractivity contribution in [2.24, 2.45) is 0 Å². The van der Waals surface area contributed by atoms with Gasteiger partial charge < -0.3 is 20.1 Å². The largest absolute Gasteiger partial charge is 0.497 e. The Morgan fingerprint density at radius 2 is 1.56 bits per heavy atom. The number of hydrogen-bond acceptors (Lipinski definition) is 4. The first-order chi connectivity index (χ1) is 12.2. The number of benzene rings is 2. The van der Waals surface area contributed by atoms with E-state index in [2.05, 4.69) is 10.6 Å². The van der Waals surface area contributed by atoms with Crippen LogP contribution >= 0.6 is 0 Å². The van der Waals surface area contributed by atoms with E-state index in [0.717, 1.165) is 12.0 Å². The molecule has 0 saturated carbocycles. The lowest BCUT2D eigenvalue weighted by Crippen LogP contribution is -2.39. The minimum atomic E-state index is -0.353. The summed E-state index contributed by atoms with van der Waals surface area (Å²) in [6, 6.07) is 16.8. The topological polar surface area (TPSA) is 76.7 Å². The van der Waals surface area contributed by atoms with Crippen LogP contribution < -0.4 is 20.1 Å². The number of carbonyl (C=O) groups is 2. The van der Waals surface area contributed by atoms with E-state index in [1.54, 1.807) is 31.4 Å². The molecule has 2 aromatic carbocycles. The van der Waals surface area contributed by atoms with Crippen LogP contribution in [0.5, 0.6) is 11.5 Å². The Morgan fingerprint density at radius 3 is 2.24 bits per heavy atom. The van der Waals surface area contributed by atoms with Gasteiger partial charge in [0, 0.05) is 6.54 Å². The second-order valence-corrected chi connectivity index (χ2v) is 5.33. The number of ether oxygens (including phenoxy) is 2. The van der Waals surface area contributed by atoms with Crippen molar-refractivity contribution >= 4 is 11.8 Å². The summed E-state index contributed by atoms with van der Waals surface area (Å²) in [6.45, 7) is 0.310. The molecule has 2 amide bonds. The molecule has 6 heteroatoms. The first kappa shape index (κ1) is 18.3. The molecule has 25 heavy (non-hydrogen) atoms. The van der Waals surface area contributed by atoms with Crippen molar-refractivity contribution < 1.29 is 19.1 Å². The van der Waals surface area contributed by atoms with Gasteiger partial charge in [-0.25, -0.2) is 0 Å². The lowest BCUT2D eigenvalue weighted by Gasteiger charge is -2.09. The Labute approximate surface area is 147 Å². The fourth-order valence-electron chi connectivity index (χ4n) is 2.10. The minimum Gasteiger partial charge on any atom is -0.497 e. The molecule has 0 atom stereocenters. The molecule has 0 heterocycles. The molecule has 0 aromatic heterocycles. The Hall–Kier alpha value is -3.02. The van der Waals surface area contributed by atoms with Crippen LogP contribution in [0.4, 0.5) is 0 Å². The summed E-state index contributed by atoms with van der Waals surface area (Å²) in [6.07, 6.45) is 0.751. The van der Waals surface area contributed by atoms with Gasteiger partial charge in [0.1, 0.15) is 11.5 Å². The van der Waals surface area contributed by atoms with Crippen LogP contribution in [0.25, 0.3) is 0 Å². The smallest absolute Gasteiger partial charge is 0.258 e. The van der Waals surface area contributed by atoms with Crippen LogP contribution in [0.3, 0.4) is 0 Å². The molecule has 0 saturated heterocycles. The molecule has 2 aromatic rings. The molecule has 0 aliphatic carbocycles. The van der Waals surface area contributed by atoms with Crippen molar-refractivity contribution in [1.82, 2.24) is 10.6 Å². The molecular formula is C19H22N2O4. The standard InChI is InChI=1S/C19H22N2O4/c1-24-16-7-9-17(10-8-16)25-14-19(23)21-13-18(22)20-12-11-15-5-3-2-4-6-15/h2-10H,11-14H2,1H3,(H,20,22)(H,21,23). The second-order valence-electron chi connectivity index (χ2n) is 5.33. The van der Waals surface area contributed by atoms with Crippen molar-refractivity contribution in [3.8, 4) is 11.5 Å². The van der Waals surface area contributed by atoms with Gasteiger partial charge in [-0.2, -0.15) is 0 Å². The van der Waals surface area contributed by atoms with Gasteiger partial charge >= 0.3 is 0 Å². The summed E-state index contributed by atoms with van der Waals surface area (Å²) < 4.78 is 10.4. The van der Waals surface area contributed by atoms with E-state index >= 15 is 0 Å². The van der Waals surface area contributed by atoms with Crippen LogP contribution in [0.2, 0.25) is 0 Å². The van der Waals surface area contributed by atoms with Crippen LogP contribution in [0.15, 0.2) is 54.6 Å². The molecular weight excluding hydrogens is 320 g/mol. The summed E-state index contributed by atoms with van der Waals surface area (Å²) in [7, 11) is 1.58. The number of rotatable bonds is 9. The number of methoxy groups -OCH3 is 1. The van der Waals surface area contributed by atoms with E-state index < -0.39 is 0 Å². The molecule has 0 unspecified atom stereocenters.